The number of nitrogens with one attached hydrogen (secondary N) is 1. The summed E-state index contributed by atoms with van der Waals surface area (Å²) in [4.78, 5) is 4.37. The molecule has 4 nitrogen and oxygen atoms in total. The summed E-state index contributed by atoms with van der Waals surface area (Å²) in [7, 11) is 1.95. The van der Waals surface area contributed by atoms with Crippen LogP contribution in [0.25, 0.3) is 0 Å². The van der Waals surface area contributed by atoms with Gasteiger partial charge in [0.05, 0.1) is 6.20 Å². The molecule has 2 rings (SSSR count). The summed E-state index contributed by atoms with van der Waals surface area (Å²) >= 11 is 0. The van der Waals surface area contributed by atoms with Gasteiger partial charge in [-0.05, 0) is 37.1 Å². The zero-order valence-electron chi connectivity index (χ0n) is 11.2. The first-order valence-corrected chi connectivity index (χ1v) is 6.33. The first-order chi connectivity index (χ1) is 8.70. The summed E-state index contributed by atoms with van der Waals surface area (Å²) in [6.45, 7) is 5.13. The van der Waals surface area contributed by atoms with Gasteiger partial charge in [-0.2, -0.15) is 5.10 Å². The van der Waals surface area contributed by atoms with Crippen molar-refractivity contribution in [3.8, 4) is 0 Å². The van der Waals surface area contributed by atoms with Crippen molar-refractivity contribution in [2.24, 2.45) is 7.05 Å². The van der Waals surface area contributed by atoms with Crippen molar-refractivity contribution in [2.45, 2.75) is 26.3 Å². The average molecular weight is 244 g/mol. The molecule has 1 N–H and O–H groups in total. The lowest BCUT2D eigenvalue weighted by Gasteiger charge is -2.19. The van der Waals surface area contributed by atoms with E-state index in [1.165, 1.54) is 11.1 Å². The molecule has 0 bridgehead atoms. The number of rotatable bonds is 5. The normalized spacial score (nSPS) is 12.6. The summed E-state index contributed by atoms with van der Waals surface area (Å²) < 4.78 is 1.84. The molecule has 0 aliphatic rings. The third kappa shape index (κ3) is 2.96. The van der Waals surface area contributed by atoms with E-state index in [2.05, 4.69) is 41.5 Å². The van der Waals surface area contributed by atoms with E-state index in [-0.39, 0.29) is 0 Å². The highest BCUT2D eigenvalue weighted by molar-refractivity contribution is 5.24. The fraction of sp³-hybridized carbons (Fsp3) is 0.429. The van der Waals surface area contributed by atoms with Crippen LogP contribution >= 0.6 is 0 Å². The lowest BCUT2D eigenvalue weighted by molar-refractivity contribution is 0.545. The number of pyridine rings is 1. The molecule has 0 amide bonds. The van der Waals surface area contributed by atoms with Crippen molar-refractivity contribution in [1.82, 2.24) is 20.1 Å². The number of aryl methyl sites for hydroxylation is 2. The van der Waals surface area contributed by atoms with Crippen LogP contribution in [0.2, 0.25) is 0 Å². The van der Waals surface area contributed by atoms with Gasteiger partial charge >= 0.3 is 0 Å². The molecule has 0 spiro atoms. The van der Waals surface area contributed by atoms with E-state index in [1.54, 1.807) is 0 Å². The Hall–Kier alpha value is -1.68. The van der Waals surface area contributed by atoms with Crippen LogP contribution in [0.4, 0.5) is 0 Å². The predicted octanol–water partition coefficient (Wildman–Crippen LogP) is 2.02. The zero-order chi connectivity index (χ0) is 13.0. The number of aromatic nitrogens is 3. The molecule has 18 heavy (non-hydrogen) atoms. The molecule has 4 heteroatoms. The Morgan fingerprint density at radius 1 is 1.44 bits per heavy atom. The van der Waals surface area contributed by atoms with Gasteiger partial charge in [-0.3, -0.25) is 9.67 Å². The van der Waals surface area contributed by atoms with Gasteiger partial charge in [0.2, 0.25) is 0 Å². The molecule has 0 radical (unpaired) electrons. The summed E-state index contributed by atoms with van der Waals surface area (Å²) in [5.74, 6) is 0. The molecule has 2 aromatic rings. The van der Waals surface area contributed by atoms with E-state index in [4.69, 9.17) is 0 Å². The highest BCUT2D eigenvalue weighted by Crippen LogP contribution is 2.20. The highest BCUT2D eigenvalue weighted by atomic mass is 15.2. The van der Waals surface area contributed by atoms with Gasteiger partial charge in [0, 0.05) is 31.2 Å². The van der Waals surface area contributed by atoms with Crippen molar-refractivity contribution in [1.29, 1.82) is 0 Å². The molecule has 0 aliphatic carbocycles. The largest absolute Gasteiger partial charge is 0.310 e. The monoisotopic (exact) mass is 244 g/mol. The van der Waals surface area contributed by atoms with Crippen molar-refractivity contribution >= 4 is 0 Å². The van der Waals surface area contributed by atoms with Crippen molar-refractivity contribution < 1.29 is 0 Å². The molecular weight excluding hydrogens is 224 g/mol. The van der Waals surface area contributed by atoms with Crippen LogP contribution < -0.4 is 5.32 Å². The Balaban J connectivity index is 2.20. The summed E-state index contributed by atoms with van der Waals surface area (Å²) in [6.07, 6.45) is 6.77. The second kappa shape index (κ2) is 5.78. The van der Waals surface area contributed by atoms with Gasteiger partial charge in [0.25, 0.3) is 0 Å². The van der Waals surface area contributed by atoms with Crippen LogP contribution in [0.1, 0.15) is 29.8 Å². The zero-order valence-corrected chi connectivity index (χ0v) is 11.2. The van der Waals surface area contributed by atoms with E-state index in [0.29, 0.717) is 6.04 Å². The van der Waals surface area contributed by atoms with Crippen LogP contribution in [0.5, 0.6) is 0 Å². The number of nitrogens with zero attached hydrogens (tertiary/aromatic N) is 3. The predicted molar refractivity (Wildman–Crippen MR) is 72.3 cm³/mol. The van der Waals surface area contributed by atoms with E-state index < -0.39 is 0 Å². The van der Waals surface area contributed by atoms with Gasteiger partial charge in [-0.1, -0.05) is 13.0 Å². The quantitative estimate of drug-likeness (QED) is 0.875. The van der Waals surface area contributed by atoms with E-state index >= 15 is 0 Å². The van der Waals surface area contributed by atoms with E-state index in [0.717, 1.165) is 18.7 Å². The maximum atomic E-state index is 4.37. The first kappa shape index (κ1) is 12.8. The van der Waals surface area contributed by atoms with Crippen molar-refractivity contribution in [3.05, 3.63) is 47.5 Å². The third-order valence-electron chi connectivity index (χ3n) is 3.07. The van der Waals surface area contributed by atoms with Crippen molar-refractivity contribution in [3.63, 3.8) is 0 Å². The molecule has 0 aliphatic heterocycles. The smallest absolute Gasteiger partial charge is 0.0522 e. The first-order valence-electron chi connectivity index (χ1n) is 6.33. The standard InChI is InChI=1S/C14H20N4/c1-4-15-14(8-12-9-17-18(3)10-12)13-6-5-7-16-11(13)2/h5-7,9-10,14-15H,4,8H2,1-3H3. The Bertz CT molecular complexity index is 504. The van der Waals surface area contributed by atoms with Gasteiger partial charge in [0.1, 0.15) is 0 Å². The van der Waals surface area contributed by atoms with Crippen LogP contribution in [0, 0.1) is 6.92 Å². The maximum absolute atomic E-state index is 4.37. The molecule has 2 aromatic heterocycles. The van der Waals surface area contributed by atoms with Gasteiger partial charge in [-0.25, -0.2) is 0 Å². The molecule has 2 heterocycles. The summed E-state index contributed by atoms with van der Waals surface area (Å²) in [6, 6.07) is 4.44. The van der Waals surface area contributed by atoms with Gasteiger partial charge in [-0.15, -0.1) is 0 Å². The van der Waals surface area contributed by atoms with Crippen molar-refractivity contribution in [2.75, 3.05) is 6.54 Å². The van der Waals surface area contributed by atoms with Gasteiger partial charge in [0.15, 0.2) is 0 Å². The topological polar surface area (TPSA) is 42.7 Å². The summed E-state index contributed by atoms with van der Waals surface area (Å²) in [5, 5.41) is 7.74. The molecule has 1 unspecified atom stereocenters. The second-order valence-electron chi connectivity index (χ2n) is 4.51. The SMILES string of the molecule is CCNC(Cc1cnn(C)c1)c1cccnc1C. The minimum Gasteiger partial charge on any atom is -0.310 e. The number of hydrogen-bond acceptors (Lipinski definition) is 3. The molecular formula is C14H20N4. The molecule has 0 saturated heterocycles. The van der Waals surface area contributed by atoms with Crippen LogP contribution in [-0.2, 0) is 13.5 Å². The minimum atomic E-state index is 0.299. The second-order valence-corrected chi connectivity index (χ2v) is 4.51. The van der Waals surface area contributed by atoms with Crippen LogP contribution in [-0.4, -0.2) is 21.3 Å². The average Bonchev–Trinajstić information content (AvgIpc) is 2.75. The fourth-order valence-electron chi connectivity index (χ4n) is 2.22. The molecule has 1 atom stereocenters. The van der Waals surface area contributed by atoms with E-state index in [9.17, 15) is 0 Å². The van der Waals surface area contributed by atoms with Gasteiger partial charge < -0.3 is 5.32 Å². The Kier molecular flexibility index (Phi) is 4.10. The fourth-order valence-corrected chi connectivity index (χ4v) is 2.22. The maximum Gasteiger partial charge on any atom is 0.0522 e. The Morgan fingerprint density at radius 2 is 2.28 bits per heavy atom. The summed E-state index contributed by atoms with van der Waals surface area (Å²) in [5.41, 5.74) is 3.60. The molecule has 0 saturated carbocycles. The number of likely N-dealkylation sites (N-methyl/N-ethyl adjacent to an activating group) is 1. The lowest BCUT2D eigenvalue weighted by Crippen LogP contribution is -2.23. The molecule has 0 aromatic carbocycles. The molecule has 0 fully saturated rings. The lowest BCUT2D eigenvalue weighted by atomic mass is 9.99. The minimum absolute atomic E-state index is 0.299. The van der Waals surface area contributed by atoms with Crippen LogP contribution in [0.15, 0.2) is 30.7 Å². The number of hydrogen-bond donors (Lipinski definition) is 1. The van der Waals surface area contributed by atoms with Crippen LogP contribution in [0.3, 0.4) is 0 Å². The van der Waals surface area contributed by atoms with E-state index in [1.807, 2.05) is 30.2 Å². The third-order valence-corrected chi connectivity index (χ3v) is 3.07. The molecule has 96 valence electrons. The Labute approximate surface area is 108 Å². The Morgan fingerprint density at radius 3 is 2.89 bits per heavy atom. The highest BCUT2D eigenvalue weighted by Gasteiger charge is 2.14.